The van der Waals surface area contributed by atoms with Gasteiger partial charge in [0.2, 0.25) is 0 Å². The van der Waals surface area contributed by atoms with Crippen molar-refractivity contribution in [3.05, 3.63) is 0 Å². The fourth-order valence-electron chi connectivity index (χ4n) is 2.36. The molecular weight excluding hydrogens is 188 g/mol. The summed E-state index contributed by atoms with van der Waals surface area (Å²) in [6.07, 6.45) is 6.92. The largest absolute Gasteiger partial charge is 0.351 e. The van der Waals surface area contributed by atoms with Crippen LogP contribution in [0.2, 0.25) is 0 Å². The van der Waals surface area contributed by atoms with Gasteiger partial charge in [-0.05, 0) is 38.0 Å². The van der Waals surface area contributed by atoms with Crippen LogP contribution in [-0.4, -0.2) is 23.5 Å². The van der Waals surface area contributed by atoms with Crippen molar-refractivity contribution in [3.63, 3.8) is 0 Å². The van der Waals surface area contributed by atoms with E-state index in [1.165, 1.54) is 12.8 Å². The lowest BCUT2D eigenvalue weighted by molar-refractivity contribution is 0.151. The molecule has 0 atom stereocenters. The van der Waals surface area contributed by atoms with Crippen LogP contribution in [-0.2, 0) is 0 Å². The summed E-state index contributed by atoms with van der Waals surface area (Å²) < 4.78 is 0. The van der Waals surface area contributed by atoms with Crippen molar-refractivity contribution in [1.82, 2.24) is 4.90 Å². The van der Waals surface area contributed by atoms with Crippen molar-refractivity contribution in [2.75, 3.05) is 6.54 Å². The number of rotatable bonds is 4. The second-order valence-electron chi connectivity index (χ2n) is 4.80. The second kappa shape index (κ2) is 5.99. The number of amides is 2. The molecule has 0 radical (unpaired) electrons. The van der Waals surface area contributed by atoms with Crippen molar-refractivity contribution in [2.45, 2.75) is 58.4 Å². The smallest absolute Gasteiger partial charge is 0.315 e. The monoisotopic (exact) mass is 212 g/mol. The van der Waals surface area contributed by atoms with Crippen LogP contribution >= 0.6 is 0 Å². The van der Waals surface area contributed by atoms with Gasteiger partial charge in [-0.2, -0.15) is 0 Å². The molecule has 0 heterocycles. The third kappa shape index (κ3) is 3.73. The Morgan fingerprint density at radius 2 is 1.93 bits per heavy atom. The van der Waals surface area contributed by atoms with Gasteiger partial charge in [-0.3, -0.25) is 0 Å². The van der Waals surface area contributed by atoms with Gasteiger partial charge in [0, 0.05) is 12.6 Å². The van der Waals surface area contributed by atoms with Crippen molar-refractivity contribution in [1.29, 1.82) is 0 Å². The number of nitrogens with two attached hydrogens (primary N) is 1. The topological polar surface area (TPSA) is 46.3 Å². The highest BCUT2D eigenvalue weighted by Crippen LogP contribution is 2.27. The molecule has 0 spiro atoms. The van der Waals surface area contributed by atoms with E-state index in [1.54, 1.807) is 0 Å². The zero-order valence-corrected chi connectivity index (χ0v) is 10.0. The summed E-state index contributed by atoms with van der Waals surface area (Å²) in [5.74, 6) is 0.821. The SMILES string of the molecule is CCCCN(C(N)=O)C1CCC(C)CC1. The van der Waals surface area contributed by atoms with Gasteiger partial charge in [0.25, 0.3) is 0 Å². The standard InChI is InChI=1S/C12H24N2O/c1-3-4-9-14(12(13)15)11-7-5-10(2)6-8-11/h10-11H,3-9H2,1-2H3,(H2,13,15). The molecule has 1 rings (SSSR count). The number of hydrogen-bond acceptors (Lipinski definition) is 1. The molecule has 1 aliphatic carbocycles. The minimum atomic E-state index is -0.233. The van der Waals surface area contributed by atoms with E-state index >= 15 is 0 Å². The number of primary amides is 1. The van der Waals surface area contributed by atoms with E-state index < -0.39 is 0 Å². The molecule has 1 fully saturated rings. The molecule has 0 aromatic carbocycles. The number of nitrogens with zero attached hydrogens (tertiary/aromatic N) is 1. The van der Waals surface area contributed by atoms with Crippen LogP contribution in [0.1, 0.15) is 52.4 Å². The molecule has 2 amide bonds. The molecule has 1 aliphatic rings. The van der Waals surface area contributed by atoms with Crippen molar-refractivity contribution >= 4 is 6.03 Å². The molecular formula is C12H24N2O. The van der Waals surface area contributed by atoms with E-state index in [2.05, 4.69) is 13.8 Å². The van der Waals surface area contributed by atoms with Gasteiger partial charge in [0.15, 0.2) is 0 Å². The summed E-state index contributed by atoms with van der Waals surface area (Å²) in [6.45, 7) is 5.27. The lowest BCUT2D eigenvalue weighted by Gasteiger charge is -2.35. The van der Waals surface area contributed by atoms with Crippen LogP contribution in [0.25, 0.3) is 0 Å². The quantitative estimate of drug-likeness (QED) is 0.765. The van der Waals surface area contributed by atoms with Gasteiger partial charge in [-0.1, -0.05) is 20.3 Å². The van der Waals surface area contributed by atoms with Gasteiger partial charge >= 0.3 is 6.03 Å². The van der Waals surface area contributed by atoms with Crippen LogP contribution in [0.5, 0.6) is 0 Å². The Morgan fingerprint density at radius 1 is 1.33 bits per heavy atom. The maximum atomic E-state index is 11.3. The normalized spacial score (nSPS) is 26.3. The number of hydrogen-bond donors (Lipinski definition) is 1. The minimum Gasteiger partial charge on any atom is -0.351 e. The Labute approximate surface area is 93.0 Å². The predicted molar refractivity (Wildman–Crippen MR) is 62.6 cm³/mol. The molecule has 0 aromatic heterocycles. The third-order valence-corrected chi connectivity index (χ3v) is 3.46. The van der Waals surface area contributed by atoms with Crippen LogP contribution in [0.4, 0.5) is 4.79 Å². The molecule has 0 aliphatic heterocycles. The lowest BCUT2D eigenvalue weighted by Crippen LogP contribution is -2.45. The molecule has 3 nitrogen and oxygen atoms in total. The predicted octanol–water partition coefficient (Wildman–Crippen LogP) is 2.75. The highest BCUT2D eigenvalue weighted by atomic mass is 16.2. The van der Waals surface area contributed by atoms with Crippen molar-refractivity contribution < 1.29 is 4.79 Å². The van der Waals surface area contributed by atoms with Gasteiger partial charge in [0.05, 0.1) is 0 Å². The van der Waals surface area contributed by atoms with E-state index in [1.807, 2.05) is 4.90 Å². The highest BCUT2D eigenvalue weighted by Gasteiger charge is 2.25. The third-order valence-electron chi connectivity index (χ3n) is 3.46. The Balaban J connectivity index is 2.44. The first-order chi connectivity index (χ1) is 7.15. The Kier molecular flexibility index (Phi) is 4.92. The first-order valence-corrected chi connectivity index (χ1v) is 6.21. The Hall–Kier alpha value is -0.730. The Morgan fingerprint density at radius 3 is 2.40 bits per heavy atom. The van der Waals surface area contributed by atoms with Gasteiger partial charge in [-0.15, -0.1) is 0 Å². The average Bonchev–Trinajstić information content (AvgIpc) is 2.21. The molecule has 3 heteroatoms. The van der Waals surface area contributed by atoms with E-state index in [4.69, 9.17) is 5.73 Å². The zero-order valence-electron chi connectivity index (χ0n) is 10.0. The van der Waals surface area contributed by atoms with Crippen LogP contribution < -0.4 is 5.73 Å². The molecule has 88 valence electrons. The number of carbonyl (C=O) groups is 1. The molecule has 0 saturated heterocycles. The summed E-state index contributed by atoms with van der Waals surface area (Å²) in [7, 11) is 0. The molecule has 0 aromatic rings. The second-order valence-corrected chi connectivity index (χ2v) is 4.80. The summed E-state index contributed by atoms with van der Waals surface area (Å²) >= 11 is 0. The molecule has 1 saturated carbocycles. The van der Waals surface area contributed by atoms with E-state index in [0.29, 0.717) is 6.04 Å². The maximum absolute atomic E-state index is 11.3. The lowest BCUT2D eigenvalue weighted by atomic mass is 9.86. The zero-order chi connectivity index (χ0) is 11.3. The number of unbranched alkanes of at least 4 members (excludes halogenated alkanes) is 1. The fourth-order valence-corrected chi connectivity index (χ4v) is 2.36. The summed E-state index contributed by atoms with van der Waals surface area (Å²) in [6, 6.07) is 0.174. The van der Waals surface area contributed by atoms with E-state index in [9.17, 15) is 4.79 Å². The summed E-state index contributed by atoms with van der Waals surface area (Å²) in [5.41, 5.74) is 5.43. The van der Waals surface area contributed by atoms with Gasteiger partial charge in [0.1, 0.15) is 0 Å². The first-order valence-electron chi connectivity index (χ1n) is 6.21. The van der Waals surface area contributed by atoms with Crippen LogP contribution in [0, 0.1) is 5.92 Å². The highest BCUT2D eigenvalue weighted by molar-refractivity contribution is 5.72. The number of urea groups is 1. The number of carbonyl (C=O) groups excluding carboxylic acids is 1. The molecule has 15 heavy (non-hydrogen) atoms. The van der Waals surface area contributed by atoms with E-state index in [0.717, 1.165) is 38.1 Å². The Bertz CT molecular complexity index is 198. The molecule has 2 N–H and O–H groups in total. The fraction of sp³-hybridized carbons (Fsp3) is 0.917. The minimum absolute atomic E-state index is 0.233. The molecule has 0 bridgehead atoms. The van der Waals surface area contributed by atoms with Crippen LogP contribution in [0.15, 0.2) is 0 Å². The van der Waals surface area contributed by atoms with E-state index in [-0.39, 0.29) is 6.03 Å². The van der Waals surface area contributed by atoms with Crippen LogP contribution in [0.3, 0.4) is 0 Å². The molecule has 0 unspecified atom stereocenters. The first kappa shape index (κ1) is 12.3. The van der Waals surface area contributed by atoms with Gasteiger partial charge in [-0.25, -0.2) is 4.79 Å². The summed E-state index contributed by atoms with van der Waals surface area (Å²) in [5, 5.41) is 0. The average molecular weight is 212 g/mol. The van der Waals surface area contributed by atoms with Crippen molar-refractivity contribution in [3.8, 4) is 0 Å². The van der Waals surface area contributed by atoms with Gasteiger partial charge < -0.3 is 10.6 Å². The maximum Gasteiger partial charge on any atom is 0.315 e. The summed E-state index contributed by atoms with van der Waals surface area (Å²) in [4.78, 5) is 13.2. The van der Waals surface area contributed by atoms with Crippen molar-refractivity contribution in [2.24, 2.45) is 11.7 Å².